The fourth-order valence-electron chi connectivity index (χ4n) is 2.02. The number of anilines is 1. The Morgan fingerprint density at radius 3 is 2.59 bits per heavy atom. The van der Waals surface area contributed by atoms with Gasteiger partial charge in [0.15, 0.2) is 0 Å². The summed E-state index contributed by atoms with van der Waals surface area (Å²) in [4.78, 5) is 7.18. The summed E-state index contributed by atoms with van der Waals surface area (Å²) in [6.45, 7) is 0. The van der Waals surface area contributed by atoms with Crippen molar-refractivity contribution in [2.45, 2.75) is 4.90 Å². The molecule has 0 fully saturated rings. The average molecular weight is 376 g/mol. The molecule has 0 aliphatic rings. The second kappa shape index (κ2) is 5.48. The summed E-state index contributed by atoms with van der Waals surface area (Å²) in [6, 6.07) is 9.97. The number of sulfonamides is 1. The molecule has 0 bridgehead atoms. The van der Waals surface area contributed by atoms with Crippen molar-refractivity contribution in [3.05, 3.63) is 52.8 Å². The zero-order valence-corrected chi connectivity index (χ0v) is 13.6. The highest BCUT2D eigenvalue weighted by molar-refractivity contribution is 9.10. The van der Waals surface area contributed by atoms with Crippen molar-refractivity contribution in [2.24, 2.45) is 0 Å². The molecule has 0 aliphatic carbocycles. The number of nitrogens with zero attached hydrogens (tertiary/aromatic N) is 1. The molecule has 0 unspecified atom stereocenters. The van der Waals surface area contributed by atoms with Crippen molar-refractivity contribution in [1.29, 1.82) is 0 Å². The molecule has 7 heteroatoms. The first kappa shape index (κ1) is 14.6. The second-order valence-corrected chi connectivity index (χ2v) is 6.97. The van der Waals surface area contributed by atoms with Gasteiger partial charge in [0.05, 0.1) is 0 Å². The highest BCUT2D eigenvalue weighted by Crippen LogP contribution is 2.25. The molecule has 0 aliphatic heterocycles. The molecule has 3 aromatic rings. The SMILES string of the molecule is C#Cc1ccc(NS(=O)(=O)c2c[nH]c3nc(Br)ccc23)cc1. The van der Waals surface area contributed by atoms with Gasteiger partial charge in [-0.2, -0.15) is 0 Å². The van der Waals surface area contributed by atoms with Crippen LogP contribution in [0.3, 0.4) is 0 Å². The summed E-state index contributed by atoms with van der Waals surface area (Å²) in [5.74, 6) is 2.48. The first-order valence-electron chi connectivity index (χ1n) is 6.23. The third-order valence-corrected chi connectivity index (χ3v) is 4.92. The Bertz CT molecular complexity index is 986. The molecule has 0 saturated carbocycles. The van der Waals surface area contributed by atoms with Gasteiger partial charge >= 0.3 is 0 Å². The van der Waals surface area contributed by atoms with E-state index in [-0.39, 0.29) is 4.90 Å². The van der Waals surface area contributed by atoms with E-state index in [1.54, 1.807) is 36.4 Å². The summed E-state index contributed by atoms with van der Waals surface area (Å²) >= 11 is 3.25. The molecular weight excluding hydrogens is 366 g/mol. The normalized spacial score (nSPS) is 11.3. The van der Waals surface area contributed by atoms with Gasteiger partial charge < -0.3 is 4.98 Å². The first-order valence-corrected chi connectivity index (χ1v) is 8.50. The van der Waals surface area contributed by atoms with E-state index < -0.39 is 10.0 Å². The van der Waals surface area contributed by atoms with E-state index in [1.807, 2.05) is 0 Å². The van der Waals surface area contributed by atoms with Gasteiger partial charge in [-0.25, -0.2) is 13.4 Å². The number of aromatic nitrogens is 2. The topological polar surface area (TPSA) is 74.8 Å². The quantitative estimate of drug-likeness (QED) is 0.545. The minimum atomic E-state index is -3.72. The Morgan fingerprint density at radius 1 is 1.18 bits per heavy atom. The number of halogens is 1. The van der Waals surface area contributed by atoms with Gasteiger partial charge in [0.1, 0.15) is 15.1 Å². The summed E-state index contributed by atoms with van der Waals surface area (Å²) in [5, 5.41) is 0.524. The molecule has 5 nitrogen and oxygen atoms in total. The lowest BCUT2D eigenvalue weighted by Crippen LogP contribution is -2.12. The first-order chi connectivity index (χ1) is 10.5. The molecule has 0 atom stereocenters. The van der Waals surface area contributed by atoms with Gasteiger partial charge in [-0.1, -0.05) is 5.92 Å². The standard InChI is InChI=1S/C15H10BrN3O2S/c1-2-10-3-5-11(6-4-10)19-22(20,21)13-9-17-15-12(13)7-8-14(16)18-15/h1,3-9,19H,(H,17,18). The summed E-state index contributed by atoms with van der Waals surface area (Å²) in [7, 11) is -3.72. The molecule has 110 valence electrons. The molecule has 3 rings (SSSR count). The summed E-state index contributed by atoms with van der Waals surface area (Å²) in [5.41, 5.74) is 1.62. The number of aromatic amines is 1. The predicted molar refractivity (Wildman–Crippen MR) is 89.0 cm³/mol. The van der Waals surface area contributed by atoms with Crippen LogP contribution < -0.4 is 4.72 Å². The lowest BCUT2D eigenvalue weighted by molar-refractivity contribution is 0.602. The van der Waals surface area contributed by atoms with Crippen LogP contribution in [0.5, 0.6) is 0 Å². The molecule has 2 heterocycles. The van der Waals surface area contributed by atoms with E-state index in [1.165, 1.54) is 6.20 Å². The number of fused-ring (bicyclic) bond motifs is 1. The maximum absolute atomic E-state index is 12.5. The lowest BCUT2D eigenvalue weighted by Gasteiger charge is -2.07. The van der Waals surface area contributed by atoms with Crippen LogP contribution in [-0.4, -0.2) is 18.4 Å². The van der Waals surface area contributed by atoms with Crippen LogP contribution in [0.1, 0.15) is 5.56 Å². The molecule has 22 heavy (non-hydrogen) atoms. The number of pyridine rings is 1. The van der Waals surface area contributed by atoms with E-state index in [4.69, 9.17) is 6.42 Å². The minimum Gasteiger partial charge on any atom is -0.345 e. The van der Waals surface area contributed by atoms with Crippen molar-refractivity contribution in [3.63, 3.8) is 0 Å². The Kier molecular flexibility index (Phi) is 3.64. The number of nitrogens with one attached hydrogen (secondary N) is 2. The lowest BCUT2D eigenvalue weighted by atomic mass is 10.2. The van der Waals surface area contributed by atoms with Crippen LogP contribution in [0.15, 0.2) is 52.1 Å². The fraction of sp³-hybridized carbons (Fsp3) is 0. The number of hydrogen-bond donors (Lipinski definition) is 2. The number of terminal acetylenes is 1. The smallest absolute Gasteiger partial charge is 0.264 e. The van der Waals surface area contributed by atoms with Crippen LogP contribution in [0.25, 0.3) is 11.0 Å². The van der Waals surface area contributed by atoms with Crippen molar-refractivity contribution in [2.75, 3.05) is 4.72 Å². The number of H-pyrrole nitrogens is 1. The van der Waals surface area contributed by atoms with Gasteiger partial charge in [0.25, 0.3) is 10.0 Å². The van der Waals surface area contributed by atoms with Crippen LogP contribution in [0.4, 0.5) is 5.69 Å². The van der Waals surface area contributed by atoms with E-state index >= 15 is 0 Å². The van der Waals surface area contributed by atoms with Crippen molar-refractivity contribution < 1.29 is 8.42 Å². The predicted octanol–water partition coefficient (Wildman–Crippen LogP) is 3.11. The minimum absolute atomic E-state index is 0.142. The average Bonchev–Trinajstić information content (AvgIpc) is 2.91. The largest absolute Gasteiger partial charge is 0.345 e. The third-order valence-electron chi connectivity index (χ3n) is 3.06. The molecule has 0 radical (unpaired) electrons. The van der Waals surface area contributed by atoms with Gasteiger partial charge in [0.2, 0.25) is 0 Å². The van der Waals surface area contributed by atoms with Crippen LogP contribution >= 0.6 is 15.9 Å². The molecule has 1 aromatic carbocycles. The monoisotopic (exact) mass is 375 g/mol. The highest BCUT2D eigenvalue weighted by atomic mass is 79.9. The van der Waals surface area contributed by atoms with Gasteiger partial charge in [-0.05, 0) is 52.3 Å². The van der Waals surface area contributed by atoms with E-state index in [0.29, 0.717) is 26.9 Å². The van der Waals surface area contributed by atoms with Crippen LogP contribution in [0.2, 0.25) is 0 Å². The Morgan fingerprint density at radius 2 is 1.91 bits per heavy atom. The molecule has 0 saturated heterocycles. The van der Waals surface area contributed by atoms with Crippen molar-refractivity contribution >= 4 is 42.7 Å². The molecule has 2 aromatic heterocycles. The molecular formula is C15H10BrN3O2S. The Balaban J connectivity index is 1.99. The van der Waals surface area contributed by atoms with Gasteiger partial charge in [-0.15, -0.1) is 6.42 Å². The second-order valence-electron chi connectivity index (χ2n) is 4.51. The Labute approximate surface area is 136 Å². The van der Waals surface area contributed by atoms with E-state index in [2.05, 4.69) is 36.5 Å². The van der Waals surface area contributed by atoms with Crippen molar-refractivity contribution in [3.8, 4) is 12.3 Å². The maximum atomic E-state index is 12.5. The van der Waals surface area contributed by atoms with Crippen LogP contribution in [-0.2, 0) is 10.0 Å². The third kappa shape index (κ3) is 2.71. The van der Waals surface area contributed by atoms with Gasteiger partial charge in [-0.3, -0.25) is 4.72 Å². The zero-order chi connectivity index (χ0) is 15.7. The Hall–Kier alpha value is -2.30. The summed E-state index contributed by atoms with van der Waals surface area (Å²) in [6.07, 6.45) is 6.69. The molecule has 2 N–H and O–H groups in total. The molecule has 0 amide bonds. The highest BCUT2D eigenvalue weighted by Gasteiger charge is 2.19. The van der Waals surface area contributed by atoms with E-state index in [0.717, 1.165) is 0 Å². The van der Waals surface area contributed by atoms with Crippen molar-refractivity contribution in [1.82, 2.24) is 9.97 Å². The van der Waals surface area contributed by atoms with Crippen LogP contribution in [0, 0.1) is 12.3 Å². The maximum Gasteiger partial charge on any atom is 0.264 e. The number of rotatable bonds is 3. The zero-order valence-electron chi connectivity index (χ0n) is 11.2. The van der Waals surface area contributed by atoms with E-state index in [9.17, 15) is 8.42 Å². The fourth-order valence-corrected chi connectivity index (χ4v) is 3.56. The number of benzene rings is 1. The van der Waals surface area contributed by atoms with Gasteiger partial charge in [0, 0.05) is 22.8 Å². The number of hydrogen-bond acceptors (Lipinski definition) is 3. The summed E-state index contributed by atoms with van der Waals surface area (Å²) < 4.78 is 28.2. The molecule has 0 spiro atoms.